The molecule has 45 heavy (non-hydrogen) atoms. The second-order valence-electron chi connectivity index (χ2n) is 13.2. The summed E-state index contributed by atoms with van der Waals surface area (Å²) in [5, 5.41) is 10.2. The molecule has 1 aliphatic carbocycles. The van der Waals surface area contributed by atoms with Crippen LogP contribution in [0.1, 0.15) is 82.5 Å². The number of aliphatic hydroxyl groups is 1. The number of ether oxygens (including phenoxy) is 2. The fraction of sp³-hybridized carbons (Fsp3) is 0.629. The van der Waals surface area contributed by atoms with Gasteiger partial charge in [-0.1, -0.05) is 44.4 Å². The van der Waals surface area contributed by atoms with Crippen molar-refractivity contribution in [3.63, 3.8) is 0 Å². The standard InChI is InChI=1S/C35H53N3O6S/c1-26-22-38(27(2)25-39)35(40)32-21-30(36-45(41,42)31-16-9-6-10-17-31)18-19-33(32)44-28(3)13-11-12-20-43-34(26)24-37(4)23-29-14-7-5-8-15-29/h6,9-10,16-19,21,26-29,34,36,39H,5,7-8,11-15,20,22-25H2,1-4H3/t26-,27-,28-,34-/m0/s1. The van der Waals surface area contributed by atoms with Crippen LogP contribution in [0.4, 0.5) is 5.69 Å². The SMILES string of the molecule is C[C@H]1CCCCO[C@@H](CN(C)CC2CCCCC2)[C@@H](C)CN([C@@H](C)CO)C(=O)c2cc(NS(=O)(=O)c3ccccc3)ccc2O1. The number of rotatable bonds is 9. The molecule has 0 bridgehead atoms. The maximum absolute atomic E-state index is 14.3. The Bertz CT molecular complexity index is 1320. The average molecular weight is 644 g/mol. The Balaban J connectivity index is 1.62. The lowest BCUT2D eigenvalue weighted by molar-refractivity contribution is -0.0190. The summed E-state index contributed by atoms with van der Waals surface area (Å²) < 4.78 is 41.6. The van der Waals surface area contributed by atoms with Crippen LogP contribution in [0.15, 0.2) is 53.4 Å². The number of aliphatic hydroxyl groups excluding tert-OH is 1. The summed E-state index contributed by atoms with van der Waals surface area (Å²) in [4.78, 5) is 18.5. The highest BCUT2D eigenvalue weighted by Crippen LogP contribution is 2.30. The number of amides is 1. The number of fused-ring (bicyclic) bond motifs is 1. The van der Waals surface area contributed by atoms with Crippen LogP contribution in [0.25, 0.3) is 0 Å². The monoisotopic (exact) mass is 643 g/mol. The molecule has 2 N–H and O–H groups in total. The predicted octanol–water partition coefficient (Wildman–Crippen LogP) is 5.80. The van der Waals surface area contributed by atoms with E-state index in [0.29, 0.717) is 18.9 Å². The third-order valence-corrected chi connectivity index (χ3v) is 10.5. The molecular formula is C35H53N3O6S. The van der Waals surface area contributed by atoms with Crippen LogP contribution in [0.5, 0.6) is 5.75 Å². The first-order valence-electron chi connectivity index (χ1n) is 16.7. The van der Waals surface area contributed by atoms with Crippen LogP contribution < -0.4 is 9.46 Å². The highest BCUT2D eigenvalue weighted by Gasteiger charge is 2.31. The summed E-state index contributed by atoms with van der Waals surface area (Å²) >= 11 is 0. The predicted molar refractivity (Wildman–Crippen MR) is 178 cm³/mol. The van der Waals surface area contributed by atoms with Crippen LogP contribution in [0.3, 0.4) is 0 Å². The molecule has 1 amide bonds. The van der Waals surface area contributed by atoms with Crippen molar-refractivity contribution < 1.29 is 27.8 Å². The summed E-state index contributed by atoms with van der Waals surface area (Å²) in [5.41, 5.74) is 0.519. The number of likely N-dealkylation sites (N-methyl/N-ethyl adjacent to an activating group) is 1. The zero-order valence-corrected chi connectivity index (χ0v) is 28.3. The van der Waals surface area contributed by atoms with E-state index in [1.165, 1.54) is 44.2 Å². The van der Waals surface area contributed by atoms with E-state index in [-0.39, 0.29) is 46.8 Å². The lowest BCUT2D eigenvalue weighted by atomic mass is 9.89. The van der Waals surface area contributed by atoms with Gasteiger partial charge in [0.05, 0.1) is 35.3 Å². The first-order chi connectivity index (χ1) is 21.6. The Morgan fingerprint density at radius 2 is 1.71 bits per heavy atom. The summed E-state index contributed by atoms with van der Waals surface area (Å²) in [6.45, 7) is 8.54. The molecule has 4 atom stereocenters. The van der Waals surface area contributed by atoms with Gasteiger partial charge in [0.1, 0.15) is 5.75 Å². The molecule has 2 aliphatic rings. The van der Waals surface area contributed by atoms with E-state index in [9.17, 15) is 18.3 Å². The normalized spacial score (nSPS) is 23.6. The third-order valence-electron chi connectivity index (χ3n) is 9.14. The molecule has 2 aromatic carbocycles. The van der Waals surface area contributed by atoms with Crippen LogP contribution >= 0.6 is 0 Å². The summed E-state index contributed by atoms with van der Waals surface area (Å²) in [6.07, 6.45) is 8.90. The average Bonchev–Trinajstić information content (AvgIpc) is 3.03. The lowest BCUT2D eigenvalue weighted by Gasteiger charge is -2.36. The molecule has 0 unspecified atom stereocenters. The van der Waals surface area contributed by atoms with Crippen molar-refractivity contribution in [2.45, 2.75) is 95.3 Å². The maximum Gasteiger partial charge on any atom is 0.261 e. The first-order valence-corrected chi connectivity index (χ1v) is 18.2. The topological polar surface area (TPSA) is 108 Å². The van der Waals surface area contributed by atoms with Crippen LogP contribution in [0.2, 0.25) is 0 Å². The molecule has 1 saturated carbocycles. The number of hydrogen-bond donors (Lipinski definition) is 2. The Labute approximate surface area is 270 Å². The number of nitrogens with zero attached hydrogens (tertiary/aromatic N) is 2. The van der Waals surface area contributed by atoms with Crippen LogP contribution in [-0.4, -0.2) is 87.4 Å². The lowest BCUT2D eigenvalue weighted by Crippen LogP contribution is -2.47. The van der Waals surface area contributed by atoms with Crippen molar-refractivity contribution in [2.24, 2.45) is 11.8 Å². The van der Waals surface area contributed by atoms with Gasteiger partial charge in [-0.05, 0) is 89.2 Å². The van der Waals surface area contributed by atoms with Gasteiger partial charge in [-0.25, -0.2) is 8.42 Å². The fourth-order valence-corrected chi connectivity index (χ4v) is 7.53. The summed E-state index contributed by atoms with van der Waals surface area (Å²) in [5.74, 6) is 0.784. The summed E-state index contributed by atoms with van der Waals surface area (Å²) in [7, 11) is -1.70. The number of benzene rings is 2. The van der Waals surface area contributed by atoms with Gasteiger partial charge in [-0.15, -0.1) is 0 Å². The van der Waals surface area contributed by atoms with E-state index in [4.69, 9.17) is 9.47 Å². The smallest absolute Gasteiger partial charge is 0.261 e. The van der Waals surface area contributed by atoms with Gasteiger partial charge in [0.2, 0.25) is 0 Å². The number of hydrogen-bond acceptors (Lipinski definition) is 7. The number of carbonyl (C=O) groups excluding carboxylic acids is 1. The number of anilines is 1. The largest absolute Gasteiger partial charge is 0.490 e. The Hall–Kier alpha value is -2.66. The second kappa shape index (κ2) is 16.8. The molecule has 1 fully saturated rings. The van der Waals surface area contributed by atoms with Crippen LogP contribution in [-0.2, 0) is 14.8 Å². The fourth-order valence-electron chi connectivity index (χ4n) is 6.45. The Morgan fingerprint density at radius 1 is 1.00 bits per heavy atom. The van der Waals surface area contributed by atoms with E-state index in [2.05, 4.69) is 23.6 Å². The van der Waals surface area contributed by atoms with Crippen molar-refractivity contribution >= 4 is 21.6 Å². The molecular weight excluding hydrogens is 590 g/mol. The zero-order valence-electron chi connectivity index (χ0n) is 27.5. The van der Waals surface area contributed by atoms with Gasteiger partial charge in [0, 0.05) is 37.8 Å². The molecule has 10 heteroatoms. The van der Waals surface area contributed by atoms with Crippen molar-refractivity contribution in [1.29, 1.82) is 0 Å². The molecule has 0 aromatic heterocycles. The molecule has 9 nitrogen and oxygen atoms in total. The van der Waals surface area contributed by atoms with Gasteiger partial charge < -0.3 is 24.4 Å². The minimum Gasteiger partial charge on any atom is -0.490 e. The van der Waals surface area contributed by atoms with Gasteiger partial charge in [-0.3, -0.25) is 9.52 Å². The van der Waals surface area contributed by atoms with Gasteiger partial charge in [-0.2, -0.15) is 0 Å². The van der Waals surface area contributed by atoms with Crippen molar-refractivity contribution in [2.75, 3.05) is 44.6 Å². The van der Waals surface area contributed by atoms with Crippen LogP contribution in [0, 0.1) is 11.8 Å². The number of nitrogens with one attached hydrogen (secondary N) is 1. The van der Waals surface area contributed by atoms with E-state index in [0.717, 1.165) is 38.3 Å². The maximum atomic E-state index is 14.3. The van der Waals surface area contributed by atoms with Gasteiger partial charge in [0.25, 0.3) is 15.9 Å². The van der Waals surface area contributed by atoms with E-state index >= 15 is 0 Å². The Morgan fingerprint density at radius 3 is 2.42 bits per heavy atom. The molecule has 2 aromatic rings. The van der Waals surface area contributed by atoms with E-state index in [1.807, 2.05) is 13.8 Å². The molecule has 250 valence electrons. The zero-order chi connectivity index (χ0) is 32.4. The minimum atomic E-state index is -3.87. The van der Waals surface area contributed by atoms with Gasteiger partial charge >= 0.3 is 0 Å². The third kappa shape index (κ3) is 10.2. The second-order valence-corrected chi connectivity index (χ2v) is 14.8. The van der Waals surface area contributed by atoms with Crippen molar-refractivity contribution in [3.05, 3.63) is 54.1 Å². The van der Waals surface area contributed by atoms with E-state index in [1.54, 1.807) is 41.3 Å². The molecule has 1 aliphatic heterocycles. The summed E-state index contributed by atoms with van der Waals surface area (Å²) in [6, 6.07) is 12.5. The highest BCUT2D eigenvalue weighted by molar-refractivity contribution is 7.92. The molecule has 0 radical (unpaired) electrons. The molecule has 0 spiro atoms. The number of carbonyl (C=O) groups is 1. The molecule has 0 saturated heterocycles. The van der Waals surface area contributed by atoms with Gasteiger partial charge in [0.15, 0.2) is 0 Å². The Kier molecular flexibility index (Phi) is 13.1. The van der Waals surface area contributed by atoms with E-state index < -0.39 is 16.1 Å². The molecule has 1 heterocycles. The molecule has 4 rings (SSSR count). The minimum absolute atomic E-state index is 0.0113. The highest BCUT2D eigenvalue weighted by atomic mass is 32.2. The quantitative estimate of drug-likeness (QED) is 0.356. The van der Waals surface area contributed by atoms with Crippen molar-refractivity contribution in [3.8, 4) is 5.75 Å². The number of sulfonamides is 1. The first kappa shape index (κ1) is 35.2. The van der Waals surface area contributed by atoms with Crippen molar-refractivity contribution in [1.82, 2.24) is 9.80 Å².